The minimum absolute atomic E-state index is 0.0678. The van der Waals surface area contributed by atoms with Crippen LogP contribution in [0.3, 0.4) is 0 Å². The molecule has 0 radical (unpaired) electrons. The quantitative estimate of drug-likeness (QED) is 0.0660. The number of quaternary nitrogens is 1. The Morgan fingerprint density at radius 2 is 1.32 bits per heavy atom. The lowest BCUT2D eigenvalue weighted by Crippen LogP contribution is -2.50. The van der Waals surface area contributed by atoms with Crippen molar-refractivity contribution in [3.05, 3.63) is 0 Å². The van der Waals surface area contributed by atoms with E-state index >= 15 is 0 Å². The summed E-state index contributed by atoms with van der Waals surface area (Å²) in [6, 6.07) is 0. The molecule has 0 amide bonds. The summed E-state index contributed by atoms with van der Waals surface area (Å²) in [6.45, 7) is 5.00. The number of aliphatic hydroxyl groups excluding tert-OH is 3. The SMILES string of the molecule is CCCCCCCCCCCCCC[N+](C)(CCCCO[C@H]1C[C@@H](O)[C@H](O)[C@@H](CO)O1)CCCP(=O)(O)O. The van der Waals surface area contributed by atoms with Gasteiger partial charge in [-0.25, -0.2) is 0 Å². The van der Waals surface area contributed by atoms with Crippen LogP contribution in [-0.2, 0) is 14.0 Å². The summed E-state index contributed by atoms with van der Waals surface area (Å²) in [5.41, 5.74) is 0. The number of hydrogen-bond acceptors (Lipinski definition) is 6. The summed E-state index contributed by atoms with van der Waals surface area (Å²) in [7, 11) is -1.79. The van der Waals surface area contributed by atoms with Crippen LogP contribution in [-0.4, -0.2) is 100 Å². The highest BCUT2D eigenvalue weighted by molar-refractivity contribution is 7.51. The molecule has 1 rings (SSSR count). The number of nitrogens with zero attached hydrogens (tertiary/aromatic N) is 1. The molecule has 5 N–H and O–H groups in total. The molecule has 1 saturated heterocycles. The minimum atomic E-state index is -3.98. The zero-order valence-electron chi connectivity index (χ0n) is 24.2. The van der Waals surface area contributed by atoms with Crippen LogP contribution in [0.2, 0.25) is 0 Å². The molecule has 228 valence electrons. The lowest BCUT2D eigenvalue weighted by Gasteiger charge is -2.36. The third kappa shape index (κ3) is 17.6. The molecule has 10 heteroatoms. The molecule has 1 heterocycles. The molecule has 9 nitrogen and oxygen atoms in total. The maximum atomic E-state index is 11.3. The Bertz CT molecular complexity index is 622. The van der Waals surface area contributed by atoms with Gasteiger partial charge in [0.25, 0.3) is 0 Å². The zero-order valence-corrected chi connectivity index (χ0v) is 25.1. The molecule has 0 aromatic carbocycles. The maximum absolute atomic E-state index is 11.3. The molecule has 1 aliphatic rings. The molecule has 1 aliphatic heterocycles. The summed E-state index contributed by atoms with van der Waals surface area (Å²) in [5.74, 6) is 0. The van der Waals surface area contributed by atoms with E-state index in [1.807, 2.05) is 0 Å². The molecule has 0 aliphatic carbocycles. The van der Waals surface area contributed by atoms with Gasteiger partial charge in [-0.2, -0.15) is 0 Å². The smallest absolute Gasteiger partial charge is 0.325 e. The molecular weight excluding hydrogens is 509 g/mol. The Morgan fingerprint density at radius 3 is 1.84 bits per heavy atom. The van der Waals surface area contributed by atoms with E-state index in [1.54, 1.807) is 0 Å². The third-order valence-electron chi connectivity index (χ3n) is 7.81. The number of hydrogen-bond donors (Lipinski definition) is 5. The van der Waals surface area contributed by atoms with Gasteiger partial charge in [-0.15, -0.1) is 0 Å². The summed E-state index contributed by atoms with van der Waals surface area (Å²) in [6.07, 6.45) is 14.4. The lowest BCUT2D eigenvalue weighted by atomic mass is 10.0. The fourth-order valence-electron chi connectivity index (χ4n) is 5.31. The van der Waals surface area contributed by atoms with Crippen LogP contribution in [0.4, 0.5) is 0 Å². The Kier molecular flexibility index (Phi) is 19.6. The standard InChI is InChI=1S/C28H58NO8P/c1-3-4-5-6-7-8-9-10-11-12-13-14-18-29(2,20-17-22-38(33,34)35)19-15-16-21-36-27-23-25(31)28(32)26(24-30)37-27/h25-28,30-32H,3-24H2,1-2H3,(H-,33,34,35)/p+1/t25-,26-,27-,28+,29?/m1/s1. The van der Waals surface area contributed by atoms with Crippen molar-refractivity contribution in [1.29, 1.82) is 0 Å². The number of aliphatic hydroxyl groups is 3. The van der Waals surface area contributed by atoms with Gasteiger partial charge >= 0.3 is 7.60 Å². The molecule has 1 unspecified atom stereocenters. The van der Waals surface area contributed by atoms with Gasteiger partial charge in [0, 0.05) is 19.4 Å². The molecule has 5 atom stereocenters. The Labute approximate surface area is 231 Å². The normalized spacial score (nSPS) is 24.0. The third-order valence-corrected chi connectivity index (χ3v) is 8.71. The van der Waals surface area contributed by atoms with Crippen molar-refractivity contribution in [2.75, 3.05) is 46.1 Å². The molecular formula is C28H59NO8P+. The van der Waals surface area contributed by atoms with Crippen molar-refractivity contribution in [2.24, 2.45) is 0 Å². The summed E-state index contributed by atoms with van der Waals surface area (Å²) in [5, 5.41) is 29.1. The Balaban J connectivity index is 2.28. The number of rotatable bonds is 24. The van der Waals surface area contributed by atoms with Crippen LogP contribution in [0.5, 0.6) is 0 Å². The first-order chi connectivity index (χ1) is 18.1. The topological polar surface area (TPSA) is 137 Å². The largest absolute Gasteiger partial charge is 0.394 e. The molecule has 0 spiro atoms. The summed E-state index contributed by atoms with van der Waals surface area (Å²) in [4.78, 5) is 18.5. The summed E-state index contributed by atoms with van der Waals surface area (Å²) >= 11 is 0. The first-order valence-corrected chi connectivity index (χ1v) is 17.0. The van der Waals surface area contributed by atoms with E-state index in [1.165, 1.54) is 70.6 Å². The fourth-order valence-corrected chi connectivity index (χ4v) is 5.87. The summed E-state index contributed by atoms with van der Waals surface area (Å²) < 4.78 is 23.4. The molecule has 1 fully saturated rings. The van der Waals surface area contributed by atoms with E-state index in [0.717, 1.165) is 43.4 Å². The highest BCUT2D eigenvalue weighted by atomic mass is 31.2. The van der Waals surface area contributed by atoms with Gasteiger partial charge in [-0.1, -0.05) is 71.1 Å². The fraction of sp³-hybridized carbons (Fsp3) is 1.00. The van der Waals surface area contributed by atoms with Gasteiger partial charge in [-0.05, 0) is 25.7 Å². The first-order valence-electron chi connectivity index (χ1n) is 15.2. The van der Waals surface area contributed by atoms with E-state index in [0.29, 0.717) is 13.0 Å². The highest BCUT2D eigenvalue weighted by Gasteiger charge is 2.36. The van der Waals surface area contributed by atoms with E-state index in [2.05, 4.69) is 14.0 Å². The van der Waals surface area contributed by atoms with E-state index < -0.39 is 32.2 Å². The predicted molar refractivity (Wildman–Crippen MR) is 151 cm³/mol. The van der Waals surface area contributed by atoms with Crippen LogP contribution < -0.4 is 0 Å². The molecule has 0 aromatic rings. The second-order valence-corrected chi connectivity index (χ2v) is 13.4. The second-order valence-electron chi connectivity index (χ2n) is 11.6. The van der Waals surface area contributed by atoms with Crippen LogP contribution in [0.25, 0.3) is 0 Å². The lowest BCUT2D eigenvalue weighted by molar-refractivity contribution is -0.910. The molecule has 0 aromatic heterocycles. The van der Waals surface area contributed by atoms with Gasteiger partial charge in [0.2, 0.25) is 0 Å². The molecule has 0 saturated carbocycles. The van der Waals surface area contributed by atoms with Crippen molar-refractivity contribution >= 4 is 7.60 Å². The molecule has 38 heavy (non-hydrogen) atoms. The van der Waals surface area contributed by atoms with Crippen LogP contribution in [0, 0.1) is 0 Å². The number of ether oxygens (including phenoxy) is 2. The second kappa shape index (κ2) is 20.7. The predicted octanol–water partition coefficient (Wildman–Crippen LogP) is 4.33. The Morgan fingerprint density at radius 1 is 0.816 bits per heavy atom. The van der Waals surface area contributed by atoms with Crippen molar-refractivity contribution in [1.82, 2.24) is 0 Å². The Hall–Kier alpha value is -0.0900. The zero-order chi connectivity index (χ0) is 28.3. The van der Waals surface area contributed by atoms with Gasteiger partial charge < -0.3 is 39.1 Å². The van der Waals surface area contributed by atoms with Gasteiger partial charge in [0.15, 0.2) is 6.29 Å². The van der Waals surface area contributed by atoms with Crippen molar-refractivity contribution in [3.8, 4) is 0 Å². The van der Waals surface area contributed by atoms with E-state index in [-0.39, 0.29) is 19.2 Å². The highest BCUT2D eigenvalue weighted by Crippen LogP contribution is 2.35. The van der Waals surface area contributed by atoms with Crippen LogP contribution in [0.15, 0.2) is 0 Å². The van der Waals surface area contributed by atoms with Crippen molar-refractivity contribution < 1.29 is 43.6 Å². The van der Waals surface area contributed by atoms with Crippen molar-refractivity contribution in [3.63, 3.8) is 0 Å². The maximum Gasteiger partial charge on any atom is 0.325 e. The number of unbranched alkanes of at least 4 members (excludes halogenated alkanes) is 12. The van der Waals surface area contributed by atoms with Gasteiger partial charge in [0.1, 0.15) is 12.2 Å². The van der Waals surface area contributed by atoms with Gasteiger partial charge in [0.05, 0.1) is 45.6 Å². The van der Waals surface area contributed by atoms with Crippen molar-refractivity contribution in [2.45, 2.75) is 134 Å². The average molecular weight is 569 g/mol. The van der Waals surface area contributed by atoms with Gasteiger partial charge in [-0.3, -0.25) is 4.57 Å². The monoisotopic (exact) mass is 568 g/mol. The van der Waals surface area contributed by atoms with Crippen LogP contribution in [0.1, 0.15) is 110 Å². The van der Waals surface area contributed by atoms with E-state index in [9.17, 15) is 29.7 Å². The van der Waals surface area contributed by atoms with E-state index in [4.69, 9.17) is 9.47 Å². The molecule has 0 bridgehead atoms. The average Bonchev–Trinajstić information content (AvgIpc) is 2.85. The minimum Gasteiger partial charge on any atom is -0.394 e. The first kappa shape index (κ1) is 35.9. The van der Waals surface area contributed by atoms with Crippen LogP contribution >= 0.6 is 7.60 Å².